The third kappa shape index (κ3) is 2.69. The molecule has 1 saturated heterocycles. The highest BCUT2D eigenvalue weighted by Crippen LogP contribution is 2.46. The van der Waals surface area contributed by atoms with Gasteiger partial charge in [-0.1, -0.05) is 36.8 Å². The Bertz CT molecular complexity index is 596. The fourth-order valence-corrected chi connectivity index (χ4v) is 3.99. The highest BCUT2D eigenvalue weighted by molar-refractivity contribution is 5.84. The van der Waals surface area contributed by atoms with Gasteiger partial charge >= 0.3 is 6.18 Å². The van der Waals surface area contributed by atoms with Crippen molar-refractivity contribution in [3.63, 3.8) is 0 Å². The molecule has 2 fully saturated rings. The second-order valence-corrected chi connectivity index (χ2v) is 6.78. The summed E-state index contributed by atoms with van der Waals surface area (Å²) in [6, 6.07) is 6.87. The summed E-state index contributed by atoms with van der Waals surface area (Å²) < 4.78 is 40.4. The normalized spacial score (nSPS) is 29.1. The second kappa shape index (κ2) is 6.04. The largest absolute Gasteiger partial charge is 0.423 e. The van der Waals surface area contributed by atoms with Crippen molar-refractivity contribution in [1.82, 2.24) is 10.6 Å². The zero-order valence-electron chi connectivity index (χ0n) is 13.2. The predicted molar refractivity (Wildman–Crippen MR) is 82.0 cm³/mol. The van der Waals surface area contributed by atoms with Crippen LogP contribution in [0.4, 0.5) is 13.2 Å². The van der Waals surface area contributed by atoms with E-state index in [2.05, 4.69) is 10.6 Å². The summed E-state index contributed by atoms with van der Waals surface area (Å²) in [7, 11) is 0. The van der Waals surface area contributed by atoms with Crippen LogP contribution in [0.3, 0.4) is 0 Å². The van der Waals surface area contributed by atoms with Crippen LogP contribution < -0.4 is 10.6 Å². The Balaban J connectivity index is 1.79. The fourth-order valence-electron chi connectivity index (χ4n) is 3.99. The summed E-state index contributed by atoms with van der Waals surface area (Å²) in [4.78, 5) is 12.6. The van der Waals surface area contributed by atoms with Gasteiger partial charge in [-0.15, -0.1) is 0 Å². The maximum atomic E-state index is 13.5. The molecule has 1 aromatic carbocycles. The fraction of sp³-hybridized carbons (Fsp3) is 0.588. The van der Waals surface area contributed by atoms with E-state index in [1.165, 1.54) is 24.3 Å². The van der Waals surface area contributed by atoms with E-state index in [1.54, 1.807) is 6.07 Å². The number of aliphatic hydroxyl groups is 1. The van der Waals surface area contributed by atoms with Crippen LogP contribution in [-0.4, -0.2) is 36.8 Å². The molecule has 1 heterocycles. The monoisotopic (exact) mass is 342 g/mol. The number of alkyl halides is 3. The summed E-state index contributed by atoms with van der Waals surface area (Å²) in [6.07, 6.45) is -2.40. The van der Waals surface area contributed by atoms with Crippen LogP contribution in [0, 0.1) is 11.3 Å². The first-order chi connectivity index (χ1) is 11.3. The van der Waals surface area contributed by atoms with Crippen LogP contribution in [0.25, 0.3) is 0 Å². The van der Waals surface area contributed by atoms with Gasteiger partial charge in [0.1, 0.15) is 0 Å². The molecule has 0 bridgehead atoms. The lowest BCUT2D eigenvalue weighted by atomic mass is 9.79. The third-order valence-electron chi connectivity index (χ3n) is 5.47. The highest BCUT2D eigenvalue weighted by atomic mass is 19.4. The predicted octanol–water partition coefficient (Wildman–Crippen LogP) is 1.94. The Morgan fingerprint density at radius 2 is 2.04 bits per heavy atom. The molecule has 0 radical (unpaired) electrons. The molecule has 0 spiro atoms. The molecule has 1 aliphatic heterocycles. The molecule has 3 N–H and O–H groups in total. The lowest BCUT2D eigenvalue weighted by molar-refractivity contribution is -0.264. The third-order valence-corrected chi connectivity index (χ3v) is 5.47. The molecule has 4 nitrogen and oxygen atoms in total. The molecule has 1 amide bonds. The van der Waals surface area contributed by atoms with Crippen LogP contribution in [0.15, 0.2) is 30.3 Å². The maximum absolute atomic E-state index is 13.5. The van der Waals surface area contributed by atoms with E-state index in [4.69, 9.17) is 0 Å². The van der Waals surface area contributed by atoms with Gasteiger partial charge in [0.25, 0.3) is 0 Å². The molecular formula is C17H21F3N2O2. The number of hydrogen-bond donors (Lipinski definition) is 3. The topological polar surface area (TPSA) is 61.4 Å². The molecule has 3 atom stereocenters. The molecule has 24 heavy (non-hydrogen) atoms. The van der Waals surface area contributed by atoms with E-state index >= 15 is 0 Å². The Hall–Kier alpha value is -1.60. The molecular weight excluding hydrogens is 321 g/mol. The Kier molecular flexibility index (Phi) is 4.34. The van der Waals surface area contributed by atoms with Crippen LogP contribution in [0.5, 0.6) is 0 Å². The average molecular weight is 342 g/mol. The molecule has 1 saturated carbocycles. The van der Waals surface area contributed by atoms with E-state index in [-0.39, 0.29) is 11.5 Å². The van der Waals surface area contributed by atoms with Crippen molar-refractivity contribution in [3.05, 3.63) is 35.9 Å². The molecule has 1 aromatic rings. The van der Waals surface area contributed by atoms with Crippen molar-refractivity contribution in [1.29, 1.82) is 0 Å². The Morgan fingerprint density at radius 3 is 2.71 bits per heavy atom. The minimum Gasteiger partial charge on any atom is -0.375 e. The number of hydrogen-bond acceptors (Lipinski definition) is 3. The minimum absolute atomic E-state index is 0.160. The second-order valence-electron chi connectivity index (χ2n) is 6.78. The first-order valence-corrected chi connectivity index (χ1v) is 8.13. The number of benzene rings is 1. The van der Waals surface area contributed by atoms with Crippen LogP contribution in [-0.2, 0) is 10.4 Å². The number of halogens is 3. The first-order valence-electron chi connectivity index (χ1n) is 8.13. The van der Waals surface area contributed by atoms with Gasteiger partial charge in [-0.2, -0.15) is 13.2 Å². The summed E-state index contributed by atoms with van der Waals surface area (Å²) in [5, 5.41) is 15.8. The van der Waals surface area contributed by atoms with Gasteiger partial charge < -0.3 is 15.7 Å². The smallest absolute Gasteiger partial charge is 0.375 e. The SMILES string of the molecule is O=C(NC[C@](O)(c1ccccc1)C(F)(F)F)[C@@]12CCC[C@@H]1CNC2. The molecule has 2 aliphatic rings. The van der Waals surface area contributed by atoms with Gasteiger partial charge in [-0.3, -0.25) is 4.79 Å². The van der Waals surface area contributed by atoms with E-state index in [1.807, 2.05) is 0 Å². The Labute approximate surface area is 138 Å². The summed E-state index contributed by atoms with van der Waals surface area (Å²) in [6.45, 7) is 0.322. The van der Waals surface area contributed by atoms with Gasteiger partial charge in [0, 0.05) is 6.54 Å². The molecule has 0 unspecified atom stereocenters. The minimum atomic E-state index is -4.89. The van der Waals surface area contributed by atoms with Crippen molar-refractivity contribution in [2.24, 2.45) is 11.3 Å². The first kappa shape index (κ1) is 17.2. The number of nitrogens with one attached hydrogen (secondary N) is 2. The molecule has 3 rings (SSSR count). The van der Waals surface area contributed by atoms with E-state index in [9.17, 15) is 23.1 Å². The van der Waals surface area contributed by atoms with Gasteiger partial charge in [0.2, 0.25) is 11.5 Å². The van der Waals surface area contributed by atoms with Crippen molar-refractivity contribution in [2.75, 3.05) is 19.6 Å². The molecule has 132 valence electrons. The van der Waals surface area contributed by atoms with Gasteiger partial charge in [-0.25, -0.2) is 0 Å². The Morgan fingerprint density at radius 1 is 1.33 bits per heavy atom. The van der Waals surface area contributed by atoms with Crippen LogP contribution in [0.1, 0.15) is 24.8 Å². The lowest BCUT2D eigenvalue weighted by Gasteiger charge is -2.33. The number of carbonyl (C=O) groups is 1. The zero-order chi connectivity index (χ0) is 17.4. The molecule has 1 aliphatic carbocycles. The van der Waals surface area contributed by atoms with Crippen molar-refractivity contribution in [2.45, 2.75) is 31.0 Å². The number of fused-ring (bicyclic) bond motifs is 1. The molecule has 7 heteroatoms. The lowest BCUT2D eigenvalue weighted by Crippen LogP contribution is -2.54. The summed E-state index contributed by atoms with van der Waals surface area (Å²) in [5.41, 5.74) is -4.01. The van der Waals surface area contributed by atoms with Gasteiger partial charge in [0.05, 0.1) is 12.0 Å². The van der Waals surface area contributed by atoms with Crippen molar-refractivity contribution < 1.29 is 23.1 Å². The number of rotatable bonds is 4. The van der Waals surface area contributed by atoms with Crippen LogP contribution in [0.2, 0.25) is 0 Å². The van der Waals surface area contributed by atoms with E-state index in [0.29, 0.717) is 13.0 Å². The molecule has 0 aromatic heterocycles. The van der Waals surface area contributed by atoms with Gasteiger partial charge in [-0.05, 0) is 30.9 Å². The standard InChI is InChI=1S/C17H21F3N2O2/c18-17(19,20)16(24,12-5-2-1-3-6-12)11-22-14(23)15-8-4-7-13(15)9-21-10-15/h1-3,5-6,13,21,24H,4,7-11H2,(H,22,23)/t13-,15-,16+/m1/s1. The highest BCUT2D eigenvalue weighted by Gasteiger charge is 2.57. The summed E-state index contributed by atoms with van der Waals surface area (Å²) in [5.74, 6) is -0.234. The van der Waals surface area contributed by atoms with E-state index < -0.39 is 29.6 Å². The van der Waals surface area contributed by atoms with E-state index in [0.717, 1.165) is 19.4 Å². The van der Waals surface area contributed by atoms with Gasteiger partial charge in [0.15, 0.2) is 0 Å². The quantitative estimate of drug-likeness (QED) is 0.784. The zero-order valence-corrected chi connectivity index (χ0v) is 13.2. The van der Waals surface area contributed by atoms with Crippen molar-refractivity contribution in [3.8, 4) is 0 Å². The maximum Gasteiger partial charge on any atom is 0.423 e. The number of carbonyl (C=O) groups excluding carboxylic acids is 1. The average Bonchev–Trinajstić information content (AvgIpc) is 3.12. The van der Waals surface area contributed by atoms with Crippen LogP contribution >= 0.6 is 0 Å². The summed E-state index contributed by atoms with van der Waals surface area (Å²) >= 11 is 0. The van der Waals surface area contributed by atoms with Crippen molar-refractivity contribution >= 4 is 5.91 Å². The number of amides is 1.